The molecule has 0 aromatic heterocycles. The quantitative estimate of drug-likeness (QED) is 0.131. The fourth-order valence-corrected chi connectivity index (χ4v) is 3.03. The monoisotopic (exact) mass is 614 g/mol. The Kier molecular flexibility index (Phi) is 24.5. The Morgan fingerprint density at radius 2 is 0.905 bits per heavy atom. The molecule has 0 saturated carbocycles. The predicted octanol–water partition coefficient (Wildman–Crippen LogP) is 2.36. The Hall–Kier alpha value is -1.13. The summed E-state index contributed by atoms with van der Waals surface area (Å²) in [6.45, 7) is 17.1. The highest BCUT2D eigenvalue weighted by molar-refractivity contribution is 5.60. The van der Waals surface area contributed by atoms with Crippen molar-refractivity contribution in [1.82, 2.24) is 0 Å². The summed E-state index contributed by atoms with van der Waals surface area (Å²) in [6, 6.07) is 0. The first-order valence-corrected chi connectivity index (χ1v) is 14.8. The largest absolute Gasteiger partial charge is 0.508 e. The van der Waals surface area contributed by atoms with Crippen LogP contribution in [0.3, 0.4) is 0 Å². The van der Waals surface area contributed by atoms with Gasteiger partial charge in [-0.15, -0.1) is 0 Å². The van der Waals surface area contributed by atoms with E-state index in [1.807, 2.05) is 34.6 Å². The van der Waals surface area contributed by atoms with Crippen LogP contribution in [0.15, 0.2) is 0 Å². The molecule has 0 fully saturated rings. The smallest absolute Gasteiger partial charge is 0.432 e. The number of aliphatic hydroxyl groups is 2. The van der Waals surface area contributed by atoms with Gasteiger partial charge in [-0.1, -0.05) is 0 Å². The van der Waals surface area contributed by atoms with Gasteiger partial charge in [0, 0.05) is 7.11 Å². The third-order valence-corrected chi connectivity index (χ3v) is 5.49. The molecule has 0 aliphatic rings. The molecule has 0 spiro atoms. The van der Waals surface area contributed by atoms with Crippen molar-refractivity contribution >= 4 is 6.16 Å². The molecule has 13 heteroatoms. The van der Waals surface area contributed by atoms with Crippen molar-refractivity contribution < 1.29 is 62.4 Å². The van der Waals surface area contributed by atoms with Gasteiger partial charge >= 0.3 is 6.16 Å². The van der Waals surface area contributed by atoms with Gasteiger partial charge in [-0.3, -0.25) is 0 Å². The molecular weight excluding hydrogens is 556 g/mol. The molecule has 42 heavy (non-hydrogen) atoms. The molecule has 13 nitrogen and oxygen atoms in total. The van der Waals surface area contributed by atoms with Crippen molar-refractivity contribution in [2.24, 2.45) is 0 Å². The maximum Gasteiger partial charge on any atom is 0.508 e. The van der Waals surface area contributed by atoms with Crippen LogP contribution in [0.5, 0.6) is 0 Å². The van der Waals surface area contributed by atoms with Gasteiger partial charge in [0.2, 0.25) is 0 Å². The minimum atomic E-state index is -0.851. The summed E-state index contributed by atoms with van der Waals surface area (Å²) in [5.41, 5.74) is 0. The summed E-state index contributed by atoms with van der Waals surface area (Å²) in [5, 5.41) is 18.6. The van der Waals surface area contributed by atoms with E-state index in [1.165, 1.54) is 6.92 Å². The van der Waals surface area contributed by atoms with Crippen LogP contribution in [0.1, 0.15) is 55.4 Å². The van der Waals surface area contributed by atoms with E-state index in [0.29, 0.717) is 46.2 Å². The van der Waals surface area contributed by atoms with E-state index in [2.05, 4.69) is 0 Å². The third-order valence-electron chi connectivity index (χ3n) is 5.49. The molecule has 0 saturated heterocycles. The summed E-state index contributed by atoms with van der Waals surface area (Å²) in [4.78, 5) is 11.5. The molecule has 0 amide bonds. The van der Waals surface area contributed by atoms with Crippen molar-refractivity contribution in [3.8, 4) is 0 Å². The van der Waals surface area contributed by atoms with Crippen LogP contribution in [-0.2, 0) is 47.4 Å². The maximum atomic E-state index is 11.5. The van der Waals surface area contributed by atoms with Gasteiger partial charge in [0.25, 0.3) is 0 Å². The zero-order chi connectivity index (χ0) is 31.9. The van der Waals surface area contributed by atoms with Crippen LogP contribution in [0, 0.1) is 0 Å². The highest BCUT2D eigenvalue weighted by atomic mass is 16.7. The Morgan fingerprint density at radius 1 is 0.500 bits per heavy atom. The second kappa shape index (κ2) is 25.2. The van der Waals surface area contributed by atoms with Gasteiger partial charge in [0.1, 0.15) is 18.8 Å². The van der Waals surface area contributed by atoms with Gasteiger partial charge in [-0.25, -0.2) is 4.79 Å². The second-order valence-electron chi connectivity index (χ2n) is 10.8. The molecular formula is C29H58O13. The topological polar surface area (TPSA) is 150 Å². The standard InChI is InChI=1S/C29H58O13/c1-20(30)10-36-26(7)16-40-28(18-34-12-23(4)37-14-22(3)33-9)19-35-13-24(5)38-15-25(6)39-17-27(8)42-29(32)41-11-21(2)31/h20-28,30-31H,10-19H2,1-9H3. The van der Waals surface area contributed by atoms with E-state index >= 15 is 0 Å². The maximum absolute atomic E-state index is 11.5. The van der Waals surface area contributed by atoms with Gasteiger partial charge in [0.15, 0.2) is 0 Å². The third kappa shape index (κ3) is 25.4. The number of aliphatic hydroxyl groups excluding tert-OH is 2. The van der Waals surface area contributed by atoms with Crippen molar-refractivity contribution in [2.75, 3.05) is 73.2 Å². The summed E-state index contributed by atoms with van der Waals surface area (Å²) in [7, 11) is 1.64. The highest BCUT2D eigenvalue weighted by Gasteiger charge is 2.17. The van der Waals surface area contributed by atoms with Gasteiger partial charge in [0.05, 0.1) is 102 Å². The van der Waals surface area contributed by atoms with E-state index in [0.717, 1.165) is 0 Å². The molecule has 0 radical (unpaired) electrons. The van der Waals surface area contributed by atoms with E-state index in [-0.39, 0.29) is 56.4 Å². The normalized spacial score (nSPS) is 18.4. The molecule has 0 rings (SSSR count). The van der Waals surface area contributed by atoms with Crippen molar-refractivity contribution in [3.05, 3.63) is 0 Å². The van der Waals surface area contributed by atoms with Gasteiger partial charge in [-0.2, -0.15) is 0 Å². The first kappa shape index (κ1) is 40.9. The number of methoxy groups -OCH3 is 1. The number of carbonyl (C=O) groups is 1. The van der Waals surface area contributed by atoms with Crippen LogP contribution >= 0.6 is 0 Å². The molecule has 0 aromatic rings. The molecule has 0 bridgehead atoms. The number of rotatable bonds is 27. The van der Waals surface area contributed by atoms with Gasteiger partial charge in [-0.05, 0) is 55.4 Å². The Morgan fingerprint density at radius 3 is 1.38 bits per heavy atom. The molecule has 0 aliphatic carbocycles. The lowest BCUT2D eigenvalue weighted by Gasteiger charge is -2.23. The molecule has 0 aliphatic heterocycles. The van der Waals surface area contributed by atoms with E-state index < -0.39 is 24.5 Å². The average Bonchev–Trinajstić information content (AvgIpc) is 2.93. The van der Waals surface area contributed by atoms with Crippen LogP contribution in [0.2, 0.25) is 0 Å². The van der Waals surface area contributed by atoms with Crippen LogP contribution in [-0.4, -0.2) is 144 Å². The lowest BCUT2D eigenvalue weighted by atomic mass is 10.3. The highest BCUT2D eigenvalue weighted by Crippen LogP contribution is 2.05. The molecule has 252 valence electrons. The molecule has 2 N–H and O–H groups in total. The fourth-order valence-electron chi connectivity index (χ4n) is 3.03. The number of ether oxygens (including phenoxy) is 10. The summed E-state index contributed by atoms with van der Waals surface area (Å²) >= 11 is 0. The first-order valence-electron chi connectivity index (χ1n) is 14.8. The first-order chi connectivity index (χ1) is 19.8. The Bertz CT molecular complexity index is 637. The molecule has 0 heterocycles. The minimum absolute atomic E-state index is 0.00841. The Labute approximate surface area is 252 Å². The van der Waals surface area contributed by atoms with Gasteiger partial charge < -0.3 is 57.6 Å². The van der Waals surface area contributed by atoms with Crippen LogP contribution in [0.4, 0.5) is 4.79 Å². The molecule has 9 unspecified atom stereocenters. The predicted molar refractivity (Wildman–Crippen MR) is 155 cm³/mol. The van der Waals surface area contributed by atoms with Crippen molar-refractivity contribution in [1.29, 1.82) is 0 Å². The fraction of sp³-hybridized carbons (Fsp3) is 0.966. The lowest BCUT2D eigenvalue weighted by molar-refractivity contribution is -0.118. The number of carbonyl (C=O) groups excluding carboxylic acids is 1. The zero-order valence-electron chi connectivity index (χ0n) is 27.2. The summed E-state index contributed by atoms with van der Waals surface area (Å²) in [5.74, 6) is 0. The van der Waals surface area contributed by atoms with Crippen LogP contribution < -0.4 is 0 Å². The number of hydrogen-bond acceptors (Lipinski definition) is 13. The average molecular weight is 615 g/mol. The Balaban J connectivity index is 4.42. The second-order valence-corrected chi connectivity index (χ2v) is 10.8. The van der Waals surface area contributed by atoms with E-state index in [9.17, 15) is 9.90 Å². The summed E-state index contributed by atoms with van der Waals surface area (Å²) in [6.07, 6.45) is -3.75. The van der Waals surface area contributed by atoms with Crippen LogP contribution in [0.25, 0.3) is 0 Å². The zero-order valence-corrected chi connectivity index (χ0v) is 27.2. The summed E-state index contributed by atoms with van der Waals surface area (Å²) < 4.78 is 55.5. The lowest BCUT2D eigenvalue weighted by Crippen LogP contribution is -2.33. The minimum Gasteiger partial charge on any atom is -0.432 e. The van der Waals surface area contributed by atoms with Crippen molar-refractivity contribution in [3.63, 3.8) is 0 Å². The molecule has 9 atom stereocenters. The van der Waals surface area contributed by atoms with E-state index in [4.69, 9.17) is 52.5 Å². The van der Waals surface area contributed by atoms with E-state index in [1.54, 1.807) is 21.0 Å². The van der Waals surface area contributed by atoms with Crippen molar-refractivity contribution in [2.45, 2.75) is 110 Å². The SMILES string of the molecule is COC(C)COC(C)COCC(COCC(C)OCC(C)OCC(C)OC(=O)OCC(C)O)OCC(C)OCC(C)O. The molecule has 0 aromatic carbocycles. The number of hydrogen-bond donors (Lipinski definition) is 2.